The van der Waals surface area contributed by atoms with Crippen LogP contribution < -0.4 is 10.6 Å². The van der Waals surface area contributed by atoms with E-state index in [4.69, 9.17) is 4.74 Å². The van der Waals surface area contributed by atoms with E-state index in [0.29, 0.717) is 12.0 Å². The van der Waals surface area contributed by atoms with Gasteiger partial charge in [-0.05, 0) is 32.6 Å². The molecule has 2 fully saturated rings. The second kappa shape index (κ2) is 5.36. The van der Waals surface area contributed by atoms with Gasteiger partial charge in [0.2, 0.25) is 5.91 Å². The molecule has 1 atom stereocenters. The van der Waals surface area contributed by atoms with Gasteiger partial charge in [0.25, 0.3) is 0 Å². The van der Waals surface area contributed by atoms with E-state index in [9.17, 15) is 4.79 Å². The van der Waals surface area contributed by atoms with Gasteiger partial charge in [-0.15, -0.1) is 0 Å². The molecule has 0 spiro atoms. The van der Waals surface area contributed by atoms with Crippen molar-refractivity contribution in [2.75, 3.05) is 19.7 Å². The topological polar surface area (TPSA) is 50.4 Å². The third-order valence-electron chi connectivity index (χ3n) is 4.05. The van der Waals surface area contributed by atoms with Crippen LogP contribution in [0.15, 0.2) is 0 Å². The summed E-state index contributed by atoms with van der Waals surface area (Å²) in [6.45, 7) is 6.03. The van der Waals surface area contributed by atoms with Gasteiger partial charge in [0, 0.05) is 19.1 Å². The first kappa shape index (κ1) is 12.8. The number of amides is 1. The molecule has 1 saturated carbocycles. The van der Waals surface area contributed by atoms with Crippen molar-refractivity contribution < 1.29 is 9.53 Å². The molecule has 1 aliphatic carbocycles. The molecule has 0 radical (unpaired) electrons. The molecule has 0 unspecified atom stereocenters. The van der Waals surface area contributed by atoms with E-state index >= 15 is 0 Å². The van der Waals surface area contributed by atoms with Crippen LogP contribution in [0.25, 0.3) is 0 Å². The predicted octanol–water partition coefficient (Wildman–Crippen LogP) is 1.06. The van der Waals surface area contributed by atoms with Crippen LogP contribution in [0.2, 0.25) is 0 Å². The highest BCUT2D eigenvalue weighted by atomic mass is 16.5. The number of hydrogen-bond acceptors (Lipinski definition) is 3. The van der Waals surface area contributed by atoms with Crippen molar-refractivity contribution >= 4 is 5.91 Å². The number of hydrogen-bond donors (Lipinski definition) is 2. The fraction of sp³-hybridized carbons (Fsp3) is 0.923. The van der Waals surface area contributed by atoms with Gasteiger partial charge in [-0.25, -0.2) is 0 Å². The Balaban J connectivity index is 1.65. The Morgan fingerprint density at radius 1 is 1.47 bits per heavy atom. The van der Waals surface area contributed by atoms with Crippen LogP contribution in [-0.2, 0) is 9.53 Å². The maximum Gasteiger partial charge on any atom is 0.246 e. The molecule has 17 heavy (non-hydrogen) atoms. The molecular formula is C13H24N2O2. The average Bonchev–Trinajstić information content (AvgIpc) is 2.77. The summed E-state index contributed by atoms with van der Waals surface area (Å²) in [5.74, 6) is 0.692. The van der Waals surface area contributed by atoms with Crippen molar-refractivity contribution in [3.8, 4) is 0 Å². The SMILES string of the molecule is C[C@@H](NC(=O)COC1(C)CNC1)C1CCCC1. The number of carbonyl (C=O) groups is 1. The van der Waals surface area contributed by atoms with Gasteiger partial charge in [0.05, 0.1) is 5.60 Å². The van der Waals surface area contributed by atoms with Crippen LogP contribution in [0.3, 0.4) is 0 Å². The normalized spacial score (nSPS) is 25.3. The highest BCUT2D eigenvalue weighted by molar-refractivity contribution is 5.77. The molecule has 0 aromatic carbocycles. The Bertz CT molecular complexity index is 271. The fourth-order valence-corrected chi connectivity index (χ4v) is 2.69. The van der Waals surface area contributed by atoms with Crippen LogP contribution in [0.4, 0.5) is 0 Å². The molecule has 0 aromatic rings. The molecular weight excluding hydrogens is 216 g/mol. The molecule has 4 heteroatoms. The first-order chi connectivity index (χ1) is 8.09. The Morgan fingerprint density at radius 3 is 2.65 bits per heavy atom. The lowest BCUT2D eigenvalue weighted by Gasteiger charge is -2.38. The van der Waals surface area contributed by atoms with Crippen LogP contribution >= 0.6 is 0 Å². The summed E-state index contributed by atoms with van der Waals surface area (Å²) in [6.07, 6.45) is 5.13. The van der Waals surface area contributed by atoms with E-state index in [2.05, 4.69) is 17.6 Å². The number of carbonyl (C=O) groups excluding carboxylic acids is 1. The lowest BCUT2D eigenvalue weighted by Crippen LogP contribution is -2.59. The van der Waals surface area contributed by atoms with Crippen molar-refractivity contribution in [3.63, 3.8) is 0 Å². The standard InChI is InChI=1S/C13H24N2O2/c1-10(11-5-3-4-6-11)15-12(16)7-17-13(2)8-14-9-13/h10-11,14H,3-9H2,1-2H3,(H,15,16)/t10-/m1/s1. The van der Waals surface area contributed by atoms with Crippen LogP contribution in [-0.4, -0.2) is 37.2 Å². The minimum atomic E-state index is -0.131. The summed E-state index contributed by atoms with van der Waals surface area (Å²) >= 11 is 0. The highest BCUT2D eigenvalue weighted by Gasteiger charge is 2.33. The van der Waals surface area contributed by atoms with Crippen LogP contribution in [0.1, 0.15) is 39.5 Å². The van der Waals surface area contributed by atoms with Crippen molar-refractivity contribution in [1.82, 2.24) is 10.6 Å². The second-order valence-electron chi connectivity index (χ2n) is 5.74. The van der Waals surface area contributed by atoms with Gasteiger partial charge in [0.15, 0.2) is 0 Å². The Morgan fingerprint density at radius 2 is 2.12 bits per heavy atom. The molecule has 1 amide bonds. The average molecular weight is 240 g/mol. The summed E-state index contributed by atoms with van der Waals surface area (Å²) in [5, 5.41) is 6.21. The zero-order valence-electron chi connectivity index (χ0n) is 10.9. The molecule has 0 bridgehead atoms. The van der Waals surface area contributed by atoms with Crippen LogP contribution in [0, 0.1) is 5.92 Å². The van der Waals surface area contributed by atoms with Crippen molar-refractivity contribution in [2.24, 2.45) is 5.92 Å². The van der Waals surface area contributed by atoms with E-state index in [1.807, 2.05) is 6.92 Å². The second-order valence-corrected chi connectivity index (χ2v) is 5.74. The van der Waals surface area contributed by atoms with Gasteiger partial charge in [0.1, 0.15) is 6.61 Å². The van der Waals surface area contributed by atoms with Crippen molar-refractivity contribution in [3.05, 3.63) is 0 Å². The zero-order valence-corrected chi connectivity index (χ0v) is 10.9. The summed E-state index contributed by atoms with van der Waals surface area (Å²) < 4.78 is 5.62. The maximum atomic E-state index is 11.7. The monoisotopic (exact) mass is 240 g/mol. The molecule has 1 saturated heterocycles. The largest absolute Gasteiger partial charge is 0.363 e. The number of rotatable bonds is 5. The third-order valence-corrected chi connectivity index (χ3v) is 4.05. The first-order valence-corrected chi connectivity index (χ1v) is 6.73. The summed E-state index contributed by atoms with van der Waals surface area (Å²) in [7, 11) is 0. The molecule has 0 aromatic heterocycles. The van der Waals surface area contributed by atoms with E-state index in [1.165, 1.54) is 25.7 Å². The molecule has 4 nitrogen and oxygen atoms in total. The van der Waals surface area contributed by atoms with E-state index in [-0.39, 0.29) is 18.1 Å². The Labute approximate surface area is 103 Å². The Kier molecular flexibility index (Phi) is 4.05. The van der Waals surface area contributed by atoms with Crippen LogP contribution in [0.5, 0.6) is 0 Å². The van der Waals surface area contributed by atoms with Gasteiger partial charge in [-0.2, -0.15) is 0 Å². The van der Waals surface area contributed by atoms with E-state index in [0.717, 1.165) is 13.1 Å². The summed E-state index contributed by atoms with van der Waals surface area (Å²) in [6, 6.07) is 0.293. The lowest BCUT2D eigenvalue weighted by molar-refractivity contribution is -0.136. The number of ether oxygens (including phenoxy) is 1. The van der Waals surface area contributed by atoms with E-state index < -0.39 is 0 Å². The third kappa shape index (κ3) is 3.42. The number of nitrogens with one attached hydrogen (secondary N) is 2. The Hall–Kier alpha value is -0.610. The molecule has 1 heterocycles. The molecule has 2 rings (SSSR count). The first-order valence-electron chi connectivity index (χ1n) is 6.73. The minimum Gasteiger partial charge on any atom is -0.363 e. The maximum absolute atomic E-state index is 11.7. The highest BCUT2D eigenvalue weighted by Crippen LogP contribution is 2.27. The van der Waals surface area contributed by atoms with Crippen molar-refractivity contribution in [2.45, 2.75) is 51.2 Å². The predicted molar refractivity (Wildman–Crippen MR) is 66.8 cm³/mol. The van der Waals surface area contributed by atoms with Gasteiger partial charge in [-0.3, -0.25) is 4.79 Å². The van der Waals surface area contributed by atoms with Crippen molar-refractivity contribution in [1.29, 1.82) is 0 Å². The summed E-state index contributed by atoms with van der Waals surface area (Å²) in [5.41, 5.74) is -0.131. The van der Waals surface area contributed by atoms with Gasteiger partial charge in [-0.1, -0.05) is 12.8 Å². The minimum absolute atomic E-state index is 0.0255. The quantitative estimate of drug-likeness (QED) is 0.755. The molecule has 2 aliphatic rings. The van der Waals surface area contributed by atoms with Gasteiger partial charge >= 0.3 is 0 Å². The smallest absolute Gasteiger partial charge is 0.246 e. The van der Waals surface area contributed by atoms with Gasteiger partial charge < -0.3 is 15.4 Å². The fourth-order valence-electron chi connectivity index (χ4n) is 2.69. The molecule has 1 aliphatic heterocycles. The molecule has 98 valence electrons. The summed E-state index contributed by atoms with van der Waals surface area (Å²) in [4.78, 5) is 11.7. The molecule has 2 N–H and O–H groups in total. The van der Waals surface area contributed by atoms with E-state index in [1.54, 1.807) is 0 Å². The lowest BCUT2D eigenvalue weighted by atomic mass is 9.99. The zero-order chi connectivity index (χ0) is 12.3.